The summed E-state index contributed by atoms with van der Waals surface area (Å²) >= 11 is 1.45. The predicted octanol–water partition coefficient (Wildman–Crippen LogP) is 5.32. The number of rotatable bonds is 7. The summed E-state index contributed by atoms with van der Waals surface area (Å²) in [6.45, 7) is 9.66. The van der Waals surface area contributed by atoms with Crippen molar-refractivity contribution >= 4 is 17.7 Å². The molecule has 2 heterocycles. The van der Waals surface area contributed by atoms with E-state index in [-0.39, 0.29) is 22.8 Å². The second-order valence-corrected chi connectivity index (χ2v) is 11.2. The van der Waals surface area contributed by atoms with Crippen molar-refractivity contribution in [2.24, 2.45) is 16.7 Å². The third-order valence-corrected chi connectivity index (χ3v) is 9.43. The minimum absolute atomic E-state index is 0.0740. The second-order valence-electron chi connectivity index (χ2n) is 10.3. The van der Waals surface area contributed by atoms with Crippen molar-refractivity contribution in [3.63, 3.8) is 0 Å². The summed E-state index contributed by atoms with van der Waals surface area (Å²) in [5.41, 5.74) is 2.54. The van der Waals surface area contributed by atoms with Gasteiger partial charge >= 0.3 is 0 Å². The highest BCUT2D eigenvalue weighted by Gasteiger charge is 2.61. The van der Waals surface area contributed by atoms with Crippen LogP contribution in [0.1, 0.15) is 51.4 Å². The molecule has 3 aromatic rings. The average Bonchev–Trinajstić information content (AvgIpc) is 3.49. The van der Waals surface area contributed by atoms with E-state index in [1.165, 1.54) is 24.6 Å². The Kier molecular flexibility index (Phi) is 5.63. The molecule has 0 spiro atoms. The quantitative estimate of drug-likeness (QED) is 0.479. The Labute approximate surface area is 199 Å². The molecule has 1 aromatic carbocycles. The maximum absolute atomic E-state index is 13.0. The van der Waals surface area contributed by atoms with Crippen molar-refractivity contribution in [2.75, 3.05) is 5.75 Å². The van der Waals surface area contributed by atoms with E-state index < -0.39 is 0 Å². The van der Waals surface area contributed by atoms with Gasteiger partial charge in [0.1, 0.15) is 5.76 Å². The highest BCUT2D eigenvalue weighted by atomic mass is 32.2. The number of carbonyl (C=O) groups excluding carboxylic acids is 1. The van der Waals surface area contributed by atoms with Crippen LogP contribution in [0.2, 0.25) is 0 Å². The van der Waals surface area contributed by atoms with Crippen molar-refractivity contribution in [2.45, 2.75) is 64.7 Å². The molecule has 0 radical (unpaired) electrons. The lowest BCUT2D eigenvalue weighted by atomic mass is 9.69. The van der Waals surface area contributed by atoms with Gasteiger partial charge in [-0.3, -0.25) is 9.36 Å². The Morgan fingerprint density at radius 3 is 2.64 bits per heavy atom. The van der Waals surface area contributed by atoms with Gasteiger partial charge in [-0.05, 0) is 54.6 Å². The average molecular weight is 465 g/mol. The largest absolute Gasteiger partial charge is 0.469 e. The molecule has 7 heteroatoms. The van der Waals surface area contributed by atoms with Crippen molar-refractivity contribution in [1.82, 2.24) is 20.1 Å². The molecule has 2 saturated carbocycles. The monoisotopic (exact) mass is 464 g/mol. The maximum atomic E-state index is 13.0. The van der Waals surface area contributed by atoms with Crippen LogP contribution in [0, 0.1) is 23.7 Å². The molecule has 5 rings (SSSR count). The van der Waals surface area contributed by atoms with Crippen LogP contribution in [0.25, 0.3) is 11.4 Å². The van der Waals surface area contributed by atoms with E-state index in [2.05, 4.69) is 53.0 Å². The molecule has 1 amide bonds. The summed E-state index contributed by atoms with van der Waals surface area (Å²) in [5, 5.41) is 13.0. The Balaban J connectivity index is 1.32. The summed E-state index contributed by atoms with van der Waals surface area (Å²) in [7, 11) is 0. The first kappa shape index (κ1) is 22.3. The molecule has 2 fully saturated rings. The highest BCUT2D eigenvalue weighted by Crippen LogP contribution is 2.65. The second kappa shape index (κ2) is 8.35. The number of nitrogens with zero attached hydrogens (tertiary/aromatic N) is 3. The van der Waals surface area contributed by atoms with E-state index in [0.29, 0.717) is 18.2 Å². The smallest absolute Gasteiger partial charge is 0.230 e. The first-order valence-corrected chi connectivity index (χ1v) is 12.7. The molecule has 0 aliphatic heterocycles. The van der Waals surface area contributed by atoms with Crippen LogP contribution in [0.4, 0.5) is 0 Å². The minimum Gasteiger partial charge on any atom is -0.469 e. The van der Waals surface area contributed by atoms with Gasteiger partial charge in [0.15, 0.2) is 11.0 Å². The van der Waals surface area contributed by atoms with Gasteiger partial charge in [0.05, 0.1) is 24.1 Å². The molecule has 33 heavy (non-hydrogen) atoms. The fourth-order valence-corrected chi connectivity index (χ4v) is 6.66. The number of aromatic nitrogens is 3. The minimum atomic E-state index is 0.0740. The summed E-state index contributed by atoms with van der Waals surface area (Å²) in [6.07, 6.45) is 5.24. The van der Waals surface area contributed by atoms with E-state index in [9.17, 15) is 4.79 Å². The molecular weight excluding hydrogens is 432 g/mol. The number of hydrogen-bond acceptors (Lipinski definition) is 5. The third-order valence-electron chi connectivity index (χ3n) is 8.46. The van der Waals surface area contributed by atoms with E-state index >= 15 is 0 Å². The molecule has 2 aromatic heterocycles. The van der Waals surface area contributed by atoms with E-state index in [4.69, 9.17) is 4.42 Å². The SMILES string of the molecule is Cc1occc1-c1nnc(SCC(=O)NC2CC3CCC2(C)C3(C)C)n1Cc1ccccc1. The van der Waals surface area contributed by atoms with E-state index in [1.807, 2.05) is 31.2 Å². The number of nitrogens with one attached hydrogen (secondary N) is 1. The van der Waals surface area contributed by atoms with Gasteiger partial charge in [0, 0.05) is 6.04 Å². The van der Waals surface area contributed by atoms with Crippen molar-refractivity contribution < 1.29 is 9.21 Å². The first-order chi connectivity index (χ1) is 15.8. The number of furan rings is 1. The summed E-state index contributed by atoms with van der Waals surface area (Å²) in [5.74, 6) is 2.67. The summed E-state index contributed by atoms with van der Waals surface area (Å²) < 4.78 is 7.58. The fourth-order valence-electron chi connectivity index (χ4n) is 5.91. The lowest BCUT2D eigenvalue weighted by molar-refractivity contribution is -0.120. The Bertz CT molecular complexity index is 1150. The lowest BCUT2D eigenvalue weighted by Crippen LogP contribution is -2.47. The summed E-state index contributed by atoms with van der Waals surface area (Å²) in [4.78, 5) is 13.0. The zero-order chi connectivity index (χ0) is 23.2. The van der Waals surface area contributed by atoms with Gasteiger partial charge in [-0.15, -0.1) is 10.2 Å². The molecule has 0 saturated heterocycles. The van der Waals surface area contributed by atoms with Crippen LogP contribution in [-0.2, 0) is 11.3 Å². The van der Waals surface area contributed by atoms with Gasteiger partial charge in [-0.2, -0.15) is 0 Å². The number of amides is 1. The molecule has 2 aliphatic rings. The number of thioether (sulfide) groups is 1. The molecule has 6 nitrogen and oxygen atoms in total. The lowest BCUT2D eigenvalue weighted by Gasteiger charge is -2.39. The van der Waals surface area contributed by atoms with Crippen molar-refractivity contribution in [3.05, 3.63) is 54.0 Å². The molecule has 174 valence electrons. The van der Waals surface area contributed by atoms with Gasteiger partial charge in [0.2, 0.25) is 5.91 Å². The van der Waals surface area contributed by atoms with Crippen LogP contribution < -0.4 is 5.32 Å². The zero-order valence-corrected chi connectivity index (χ0v) is 20.6. The van der Waals surface area contributed by atoms with Crippen LogP contribution in [0.3, 0.4) is 0 Å². The number of hydrogen-bond donors (Lipinski definition) is 1. The Morgan fingerprint density at radius 2 is 2.00 bits per heavy atom. The third kappa shape index (κ3) is 3.80. The van der Waals surface area contributed by atoms with Crippen LogP contribution in [-0.4, -0.2) is 32.5 Å². The molecule has 2 bridgehead atoms. The number of fused-ring (bicyclic) bond motifs is 2. The number of aryl methyl sites for hydroxylation is 1. The highest BCUT2D eigenvalue weighted by molar-refractivity contribution is 7.99. The zero-order valence-electron chi connectivity index (χ0n) is 19.8. The normalized spacial score (nSPS) is 25.5. The van der Waals surface area contributed by atoms with Gasteiger partial charge in [-0.1, -0.05) is 62.9 Å². The van der Waals surface area contributed by atoms with Crippen LogP contribution in [0.15, 0.2) is 52.2 Å². The van der Waals surface area contributed by atoms with Crippen LogP contribution >= 0.6 is 11.8 Å². The standard InChI is InChI=1S/C26H32N4O2S/c1-17-20(11-13-32-17)23-28-29-24(30(23)15-18-8-6-5-7-9-18)33-16-22(31)27-21-14-19-10-12-26(21,4)25(19,2)3/h5-9,11,13,19,21H,10,12,14-16H2,1-4H3,(H,27,31). The van der Waals surface area contributed by atoms with E-state index in [1.54, 1.807) is 6.26 Å². The van der Waals surface area contributed by atoms with E-state index in [0.717, 1.165) is 34.3 Å². The van der Waals surface area contributed by atoms with Gasteiger partial charge in [0.25, 0.3) is 0 Å². The number of benzene rings is 1. The van der Waals surface area contributed by atoms with Crippen molar-refractivity contribution in [3.8, 4) is 11.4 Å². The topological polar surface area (TPSA) is 72.9 Å². The fraction of sp³-hybridized carbons (Fsp3) is 0.500. The van der Waals surface area contributed by atoms with Gasteiger partial charge < -0.3 is 9.73 Å². The molecular formula is C26H32N4O2S. The summed E-state index contributed by atoms with van der Waals surface area (Å²) in [6, 6.07) is 12.4. The first-order valence-electron chi connectivity index (χ1n) is 11.7. The van der Waals surface area contributed by atoms with Gasteiger partial charge in [-0.25, -0.2) is 0 Å². The maximum Gasteiger partial charge on any atom is 0.230 e. The van der Waals surface area contributed by atoms with Crippen molar-refractivity contribution in [1.29, 1.82) is 0 Å². The molecule has 1 N–H and O–H groups in total. The van der Waals surface area contributed by atoms with Crippen LogP contribution in [0.5, 0.6) is 0 Å². The predicted molar refractivity (Wildman–Crippen MR) is 130 cm³/mol. The Hall–Kier alpha value is -2.54. The molecule has 3 unspecified atom stereocenters. The molecule has 3 atom stereocenters. The number of carbonyl (C=O) groups is 1. The molecule has 2 aliphatic carbocycles. The Morgan fingerprint density at radius 1 is 1.21 bits per heavy atom.